The first-order chi connectivity index (χ1) is 18.2. The van der Waals surface area contributed by atoms with Crippen molar-refractivity contribution in [3.8, 4) is 23.0 Å². The Balaban J connectivity index is 1.85. The Morgan fingerprint density at radius 3 is 1.26 bits per heavy atom. The molecule has 2 atom stereocenters. The molecule has 4 rings (SSSR count). The fraction of sp³-hybridized carbons (Fsp3) is 0.242. The van der Waals surface area contributed by atoms with E-state index in [4.69, 9.17) is 9.47 Å². The van der Waals surface area contributed by atoms with Gasteiger partial charge in [0.25, 0.3) is 0 Å². The molecule has 5 nitrogen and oxygen atoms in total. The zero-order chi connectivity index (χ0) is 27.2. The third-order valence-corrected chi connectivity index (χ3v) is 6.20. The third-order valence-electron chi connectivity index (χ3n) is 6.20. The highest BCUT2D eigenvalue weighted by molar-refractivity contribution is 5.98. The molecule has 4 aromatic carbocycles. The Kier molecular flexibility index (Phi) is 8.37. The quantitative estimate of drug-likeness (QED) is 0.236. The Labute approximate surface area is 224 Å². The number of ketones is 1. The van der Waals surface area contributed by atoms with Gasteiger partial charge in [0.1, 0.15) is 23.0 Å². The van der Waals surface area contributed by atoms with Gasteiger partial charge in [-0.1, -0.05) is 72.8 Å². The number of phenolic OH excluding ortho intramolecular Hbond substituents is 2. The predicted molar refractivity (Wildman–Crippen MR) is 149 cm³/mol. The minimum Gasteiger partial charge on any atom is -0.507 e. The molecule has 0 saturated carbocycles. The van der Waals surface area contributed by atoms with E-state index >= 15 is 0 Å². The summed E-state index contributed by atoms with van der Waals surface area (Å²) in [7, 11) is 0. The first kappa shape index (κ1) is 26.8. The van der Waals surface area contributed by atoms with E-state index in [1.165, 1.54) is 0 Å². The highest BCUT2D eigenvalue weighted by Gasteiger charge is 2.35. The Hall–Kier alpha value is -4.25. The van der Waals surface area contributed by atoms with Crippen LogP contribution in [0.1, 0.15) is 61.8 Å². The molecule has 0 aliphatic heterocycles. The summed E-state index contributed by atoms with van der Waals surface area (Å²) in [6, 6.07) is 28.9. The van der Waals surface area contributed by atoms with Crippen LogP contribution in [-0.4, -0.2) is 28.2 Å². The van der Waals surface area contributed by atoms with Crippen molar-refractivity contribution in [1.29, 1.82) is 0 Å². The fourth-order valence-electron chi connectivity index (χ4n) is 4.68. The van der Waals surface area contributed by atoms with Crippen LogP contribution in [-0.2, 0) is 4.79 Å². The fourth-order valence-corrected chi connectivity index (χ4v) is 4.68. The van der Waals surface area contributed by atoms with Gasteiger partial charge in [-0.25, -0.2) is 0 Å². The summed E-state index contributed by atoms with van der Waals surface area (Å²) >= 11 is 0. The number of phenols is 2. The van der Waals surface area contributed by atoms with Gasteiger partial charge in [0.05, 0.1) is 24.0 Å². The molecule has 0 aliphatic rings. The third kappa shape index (κ3) is 6.17. The number of Topliss-reactive ketones (excluding diaryl/α,β-unsaturated/α-hetero) is 1. The van der Waals surface area contributed by atoms with Gasteiger partial charge in [0.15, 0.2) is 5.78 Å². The zero-order valence-electron chi connectivity index (χ0n) is 22.2. The molecule has 0 saturated heterocycles. The SMILES string of the molecule is CC(C)Oc1ccc(C(C(=O)C(c2ccccc2)c2ccc(OC(C)C)cc2O)c2ccccc2)c(O)c1. The van der Waals surface area contributed by atoms with Gasteiger partial charge in [-0.2, -0.15) is 0 Å². The molecule has 0 heterocycles. The van der Waals surface area contributed by atoms with Crippen LogP contribution >= 0.6 is 0 Å². The molecule has 196 valence electrons. The molecule has 0 radical (unpaired) electrons. The summed E-state index contributed by atoms with van der Waals surface area (Å²) in [4.78, 5) is 14.6. The lowest BCUT2D eigenvalue weighted by Crippen LogP contribution is -2.23. The van der Waals surface area contributed by atoms with E-state index in [9.17, 15) is 15.0 Å². The van der Waals surface area contributed by atoms with E-state index in [-0.39, 0.29) is 29.5 Å². The van der Waals surface area contributed by atoms with Crippen LogP contribution in [0.15, 0.2) is 97.1 Å². The Morgan fingerprint density at radius 2 is 0.947 bits per heavy atom. The standard InChI is InChI=1S/C33H34O5/c1-21(2)37-25-15-17-27(29(34)19-25)31(23-11-7-5-8-12-23)33(36)32(24-13-9-6-10-14-24)28-18-16-26(20-30(28)35)38-22(3)4/h5-22,31-32,34-35H,1-4H3. The van der Waals surface area contributed by atoms with Crippen LogP contribution in [0, 0.1) is 0 Å². The normalized spacial score (nSPS) is 12.8. The molecule has 2 unspecified atom stereocenters. The van der Waals surface area contributed by atoms with Gasteiger partial charge < -0.3 is 19.7 Å². The van der Waals surface area contributed by atoms with Gasteiger partial charge in [-0.3, -0.25) is 4.79 Å². The number of hydrogen-bond donors (Lipinski definition) is 2. The number of aromatic hydroxyl groups is 2. The molecule has 4 aromatic rings. The van der Waals surface area contributed by atoms with E-state index in [1.807, 2.05) is 88.4 Å². The topological polar surface area (TPSA) is 76.0 Å². The van der Waals surface area contributed by atoms with Crippen molar-refractivity contribution in [1.82, 2.24) is 0 Å². The molecule has 0 aliphatic carbocycles. The van der Waals surface area contributed by atoms with E-state index in [2.05, 4.69) is 0 Å². The van der Waals surface area contributed by atoms with Crippen molar-refractivity contribution in [2.45, 2.75) is 51.7 Å². The highest BCUT2D eigenvalue weighted by Crippen LogP contribution is 2.42. The van der Waals surface area contributed by atoms with E-state index in [0.717, 1.165) is 11.1 Å². The lowest BCUT2D eigenvalue weighted by atomic mass is 9.76. The monoisotopic (exact) mass is 510 g/mol. The number of benzene rings is 4. The van der Waals surface area contributed by atoms with Crippen molar-refractivity contribution in [2.75, 3.05) is 0 Å². The molecule has 0 aromatic heterocycles. The average Bonchev–Trinajstić information content (AvgIpc) is 2.87. The first-order valence-electron chi connectivity index (χ1n) is 12.9. The molecular weight excluding hydrogens is 476 g/mol. The van der Waals surface area contributed by atoms with Gasteiger partial charge in [-0.05, 0) is 51.0 Å². The molecule has 38 heavy (non-hydrogen) atoms. The van der Waals surface area contributed by atoms with Crippen molar-refractivity contribution in [3.63, 3.8) is 0 Å². The molecule has 5 heteroatoms. The maximum Gasteiger partial charge on any atom is 0.156 e. The first-order valence-corrected chi connectivity index (χ1v) is 12.9. The highest BCUT2D eigenvalue weighted by atomic mass is 16.5. The molecule has 0 amide bonds. The number of carbonyl (C=O) groups excluding carboxylic acids is 1. The predicted octanol–water partition coefficient (Wildman–Crippen LogP) is 7.21. The van der Waals surface area contributed by atoms with Crippen LogP contribution < -0.4 is 9.47 Å². The van der Waals surface area contributed by atoms with Crippen molar-refractivity contribution < 1.29 is 24.5 Å². The minimum absolute atomic E-state index is 0.0259. The maximum absolute atomic E-state index is 14.6. The summed E-state index contributed by atoms with van der Waals surface area (Å²) < 4.78 is 11.5. The van der Waals surface area contributed by atoms with Crippen molar-refractivity contribution in [2.24, 2.45) is 0 Å². The van der Waals surface area contributed by atoms with Crippen LogP contribution in [0.3, 0.4) is 0 Å². The summed E-state index contributed by atoms with van der Waals surface area (Å²) in [5.74, 6) is -0.759. The zero-order valence-corrected chi connectivity index (χ0v) is 22.2. The Bertz CT molecular complexity index is 1260. The lowest BCUT2D eigenvalue weighted by molar-refractivity contribution is -0.120. The van der Waals surface area contributed by atoms with Crippen LogP contribution in [0.2, 0.25) is 0 Å². The van der Waals surface area contributed by atoms with Crippen LogP contribution in [0.5, 0.6) is 23.0 Å². The number of carbonyl (C=O) groups is 1. The van der Waals surface area contributed by atoms with E-state index in [1.54, 1.807) is 36.4 Å². The summed E-state index contributed by atoms with van der Waals surface area (Å²) in [6.45, 7) is 7.65. The van der Waals surface area contributed by atoms with Gasteiger partial charge in [-0.15, -0.1) is 0 Å². The van der Waals surface area contributed by atoms with Crippen LogP contribution in [0.25, 0.3) is 0 Å². The van der Waals surface area contributed by atoms with Gasteiger partial charge in [0, 0.05) is 23.3 Å². The molecule has 0 spiro atoms. The Morgan fingerprint density at radius 1 is 0.579 bits per heavy atom. The summed E-state index contributed by atoms with van der Waals surface area (Å²) in [5, 5.41) is 22.2. The lowest BCUT2D eigenvalue weighted by Gasteiger charge is -2.26. The summed E-state index contributed by atoms with van der Waals surface area (Å²) in [6.07, 6.45) is -0.111. The maximum atomic E-state index is 14.6. The van der Waals surface area contributed by atoms with Crippen LogP contribution in [0.4, 0.5) is 0 Å². The molecule has 0 bridgehead atoms. The second-order valence-electron chi connectivity index (χ2n) is 9.86. The average molecular weight is 511 g/mol. The second-order valence-corrected chi connectivity index (χ2v) is 9.86. The van der Waals surface area contributed by atoms with E-state index in [0.29, 0.717) is 22.6 Å². The molecular formula is C33H34O5. The largest absolute Gasteiger partial charge is 0.507 e. The van der Waals surface area contributed by atoms with Gasteiger partial charge >= 0.3 is 0 Å². The number of hydrogen-bond acceptors (Lipinski definition) is 5. The summed E-state index contributed by atoms with van der Waals surface area (Å²) in [5.41, 5.74) is 2.42. The molecule has 0 fully saturated rings. The van der Waals surface area contributed by atoms with E-state index < -0.39 is 11.8 Å². The minimum atomic E-state index is -0.791. The number of rotatable bonds is 10. The van der Waals surface area contributed by atoms with Crippen molar-refractivity contribution in [3.05, 3.63) is 119 Å². The number of ether oxygens (including phenoxy) is 2. The van der Waals surface area contributed by atoms with Gasteiger partial charge in [0.2, 0.25) is 0 Å². The smallest absolute Gasteiger partial charge is 0.156 e. The van der Waals surface area contributed by atoms with Crippen molar-refractivity contribution >= 4 is 5.78 Å². The second kappa shape index (κ2) is 11.9. The molecule has 2 N–H and O–H groups in total.